The Morgan fingerprint density at radius 2 is 2.33 bits per heavy atom. The van der Waals surface area contributed by atoms with Gasteiger partial charge in [0, 0.05) is 12.1 Å². The van der Waals surface area contributed by atoms with Gasteiger partial charge >= 0.3 is 0 Å². The molecule has 0 fully saturated rings. The van der Waals surface area contributed by atoms with E-state index in [9.17, 15) is 0 Å². The largest absolute Gasteiger partial charge is 0.306 e. The Balaban J connectivity index is 2.05. The van der Waals surface area contributed by atoms with Crippen LogP contribution in [0.15, 0.2) is 24.3 Å². The summed E-state index contributed by atoms with van der Waals surface area (Å²) in [7, 11) is 0. The Hall–Kier alpha value is -1.33. The highest BCUT2D eigenvalue weighted by atomic mass is 14.9. The zero-order valence-electron chi connectivity index (χ0n) is 9.03. The molecule has 78 valence electrons. The number of benzene rings is 1. The van der Waals surface area contributed by atoms with Crippen LogP contribution in [0.25, 0.3) is 0 Å². The van der Waals surface area contributed by atoms with Gasteiger partial charge in [-0.2, -0.15) is 5.26 Å². The third-order valence-corrected chi connectivity index (χ3v) is 3.02. The fourth-order valence-corrected chi connectivity index (χ4v) is 2.27. The summed E-state index contributed by atoms with van der Waals surface area (Å²) < 4.78 is 0. The summed E-state index contributed by atoms with van der Waals surface area (Å²) in [5.41, 5.74) is 2.88. The van der Waals surface area contributed by atoms with Crippen molar-refractivity contribution >= 4 is 0 Å². The quantitative estimate of drug-likeness (QED) is 0.814. The third kappa shape index (κ3) is 2.19. The number of nitrogens with one attached hydrogen (secondary N) is 1. The second-order valence-corrected chi connectivity index (χ2v) is 4.22. The van der Waals surface area contributed by atoms with Crippen LogP contribution in [-0.2, 0) is 6.42 Å². The zero-order valence-corrected chi connectivity index (χ0v) is 9.03. The van der Waals surface area contributed by atoms with E-state index in [-0.39, 0.29) is 6.04 Å². The smallest absolute Gasteiger partial charge is 0.0638 e. The highest BCUT2D eigenvalue weighted by Gasteiger charge is 2.22. The van der Waals surface area contributed by atoms with E-state index in [0.717, 1.165) is 12.8 Å². The Bertz CT molecular complexity index is 378. The standard InChI is InChI=1S/C13H16N2/c1-10(8-9-14)15-13-7-6-11-4-2-3-5-12(11)13/h2-5,10,13,15H,6-8H2,1H3. The fraction of sp³-hybridized carbons (Fsp3) is 0.462. The lowest BCUT2D eigenvalue weighted by molar-refractivity contribution is 0.458. The molecule has 0 aliphatic heterocycles. The lowest BCUT2D eigenvalue weighted by Crippen LogP contribution is -2.28. The van der Waals surface area contributed by atoms with E-state index in [1.807, 2.05) is 0 Å². The van der Waals surface area contributed by atoms with Crippen LogP contribution in [0, 0.1) is 11.3 Å². The van der Waals surface area contributed by atoms with E-state index in [1.54, 1.807) is 0 Å². The average Bonchev–Trinajstić information content (AvgIpc) is 2.62. The van der Waals surface area contributed by atoms with Crippen LogP contribution in [0.1, 0.15) is 36.9 Å². The summed E-state index contributed by atoms with van der Waals surface area (Å²) >= 11 is 0. The van der Waals surface area contributed by atoms with E-state index < -0.39 is 0 Å². The van der Waals surface area contributed by atoms with Crippen LogP contribution >= 0.6 is 0 Å². The second-order valence-electron chi connectivity index (χ2n) is 4.22. The molecule has 1 aliphatic rings. The van der Waals surface area contributed by atoms with Crippen molar-refractivity contribution in [2.45, 2.75) is 38.3 Å². The van der Waals surface area contributed by atoms with Crippen molar-refractivity contribution in [2.75, 3.05) is 0 Å². The molecule has 2 atom stereocenters. The molecule has 2 heteroatoms. The highest BCUT2D eigenvalue weighted by molar-refractivity contribution is 5.34. The maximum Gasteiger partial charge on any atom is 0.0638 e. The Morgan fingerprint density at radius 3 is 3.13 bits per heavy atom. The molecule has 1 aliphatic carbocycles. The summed E-state index contributed by atoms with van der Waals surface area (Å²) in [6, 6.07) is 11.5. The number of aryl methyl sites for hydroxylation is 1. The number of nitriles is 1. The molecule has 2 rings (SSSR count). The first-order chi connectivity index (χ1) is 7.31. The fourth-order valence-electron chi connectivity index (χ4n) is 2.27. The van der Waals surface area contributed by atoms with E-state index in [1.165, 1.54) is 11.1 Å². The monoisotopic (exact) mass is 200 g/mol. The van der Waals surface area contributed by atoms with Gasteiger partial charge in [-0.3, -0.25) is 0 Å². The SMILES string of the molecule is CC(CC#N)NC1CCc2ccccc21. The highest BCUT2D eigenvalue weighted by Crippen LogP contribution is 2.31. The van der Waals surface area contributed by atoms with E-state index in [2.05, 4.69) is 42.6 Å². The van der Waals surface area contributed by atoms with Gasteiger partial charge in [-0.15, -0.1) is 0 Å². The van der Waals surface area contributed by atoms with Crippen LogP contribution < -0.4 is 5.32 Å². The molecule has 0 saturated heterocycles. The van der Waals surface area contributed by atoms with Gasteiger partial charge < -0.3 is 5.32 Å². The molecule has 0 spiro atoms. The van der Waals surface area contributed by atoms with Crippen LogP contribution in [0.2, 0.25) is 0 Å². The van der Waals surface area contributed by atoms with Crippen LogP contribution in [-0.4, -0.2) is 6.04 Å². The van der Waals surface area contributed by atoms with Gasteiger partial charge in [-0.1, -0.05) is 24.3 Å². The topological polar surface area (TPSA) is 35.8 Å². The van der Waals surface area contributed by atoms with Crippen molar-refractivity contribution in [1.82, 2.24) is 5.32 Å². The summed E-state index contributed by atoms with van der Waals surface area (Å²) in [5.74, 6) is 0. The molecule has 15 heavy (non-hydrogen) atoms. The molecular formula is C13H16N2. The van der Waals surface area contributed by atoms with E-state index >= 15 is 0 Å². The molecule has 0 aromatic heterocycles. The third-order valence-electron chi connectivity index (χ3n) is 3.02. The number of hydrogen-bond acceptors (Lipinski definition) is 2. The predicted molar refractivity (Wildman–Crippen MR) is 60.3 cm³/mol. The maximum atomic E-state index is 8.62. The van der Waals surface area contributed by atoms with Crippen molar-refractivity contribution in [2.24, 2.45) is 0 Å². The molecule has 1 aromatic carbocycles. The molecule has 0 heterocycles. The average molecular weight is 200 g/mol. The maximum absolute atomic E-state index is 8.62. The normalized spacial score (nSPS) is 20.7. The van der Waals surface area contributed by atoms with Crippen LogP contribution in [0.4, 0.5) is 0 Å². The second kappa shape index (κ2) is 4.46. The number of nitrogens with zero attached hydrogens (tertiary/aromatic N) is 1. The van der Waals surface area contributed by atoms with Crippen LogP contribution in [0.5, 0.6) is 0 Å². The lowest BCUT2D eigenvalue weighted by Gasteiger charge is -2.18. The van der Waals surface area contributed by atoms with Gasteiger partial charge in [-0.05, 0) is 30.9 Å². The molecule has 0 amide bonds. The van der Waals surface area contributed by atoms with Crippen molar-refractivity contribution < 1.29 is 0 Å². The minimum Gasteiger partial charge on any atom is -0.306 e. The number of hydrogen-bond donors (Lipinski definition) is 1. The molecule has 2 nitrogen and oxygen atoms in total. The summed E-state index contributed by atoms with van der Waals surface area (Å²) in [5, 5.41) is 12.1. The van der Waals surface area contributed by atoms with Gasteiger partial charge in [0.25, 0.3) is 0 Å². The van der Waals surface area contributed by atoms with Gasteiger partial charge in [0.2, 0.25) is 0 Å². The minimum atomic E-state index is 0.283. The predicted octanol–water partition coefficient (Wildman–Crippen LogP) is 2.57. The molecular weight excluding hydrogens is 184 g/mol. The summed E-state index contributed by atoms with van der Waals surface area (Å²) in [6.45, 7) is 2.07. The Labute approximate surface area is 90.9 Å². The number of fused-ring (bicyclic) bond motifs is 1. The Morgan fingerprint density at radius 1 is 1.53 bits per heavy atom. The summed E-state index contributed by atoms with van der Waals surface area (Å²) in [6.07, 6.45) is 2.90. The molecule has 0 radical (unpaired) electrons. The first-order valence-electron chi connectivity index (χ1n) is 5.52. The molecule has 1 N–H and O–H groups in total. The van der Waals surface area contributed by atoms with Gasteiger partial charge in [-0.25, -0.2) is 0 Å². The molecule has 0 saturated carbocycles. The van der Waals surface area contributed by atoms with Crippen molar-refractivity contribution in [3.05, 3.63) is 35.4 Å². The van der Waals surface area contributed by atoms with Gasteiger partial charge in [0.05, 0.1) is 12.5 Å². The zero-order chi connectivity index (χ0) is 10.7. The minimum absolute atomic E-state index is 0.283. The molecule has 1 aromatic rings. The van der Waals surface area contributed by atoms with E-state index in [4.69, 9.17) is 5.26 Å². The van der Waals surface area contributed by atoms with Crippen LogP contribution in [0.3, 0.4) is 0 Å². The first kappa shape index (κ1) is 10.2. The summed E-state index contributed by atoms with van der Waals surface area (Å²) in [4.78, 5) is 0. The van der Waals surface area contributed by atoms with E-state index in [0.29, 0.717) is 12.5 Å². The first-order valence-corrected chi connectivity index (χ1v) is 5.52. The number of rotatable bonds is 3. The lowest BCUT2D eigenvalue weighted by atomic mass is 10.1. The molecule has 0 bridgehead atoms. The van der Waals surface area contributed by atoms with Gasteiger partial charge in [0.15, 0.2) is 0 Å². The Kier molecular flexibility index (Phi) is 3.03. The van der Waals surface area contributed by atoms with Crippen molar-refractivity contribution in [3.63, 3.8) is 0 Å². The van der Waals surface area contributed by atoms with Gasteiger partial charge in [0.1, 0.15) is 0 Å². The van der Waals surface area contributed by atoms with Crippen molar-refractivity contribution in [1.29, 1.82) is 5.26 Å². The van der Waals surface area contributed by atoms with Crippen molar-refractivity contribution in [3.8, 4) is 6.07 Å². The molecule has 2 unspecified atom stereocenters.